The summed E-state index contributed by atoms with van der Waals surface area (Å²) in [6.45, 7) is 6.55. The summed E-state index contributed by atoms with van der Waals surface area (Å²) in [6.07, 6.45) is 5.22. The molecule has 0 aliphatic rings. The third kappa shape index (κ3) is 31.2. The number of nitrogens with two attached hydrogens (primary N) is 5. The summed E-state index contributed by atoms with van der Waals surface area (Å²) < 4.78 is 31.7. The van der Waals surface area contributed by atoms with Crippen molar-refractivity contribution < 1.29 is 47.0 Å². The zero-order valence-corrected chi connectivity index (χ0v) is 34.8. The van der Waals surface area contributed by atoms with Crippen molar-refractivity contribution in [3.63, 3.8) is 0 Å². The van der Waals surface area contributed by atoms with Crippen LogP contribution in [0.1, 0.15) is 125 Å². The minimum absolute atomic E-state index is 0. The van der Waals surface area contributed by atoms with E-state index in [1.807, 2.05) is 0 Å². The molecule has 0 unspecified atom stereocenters. The number of aliphatic carboxylic acids is 1. The maximum Gasteiger partial charge on any atom is 0.490 e. The first-order valence-corrected chi connectivity index (χ1v) is 20.1. The Morgan fingerprint density at radius 1 is 0.661 bits per heavy atom. The van der Waals surface area contributed by atoms with Crippen LogP contribution >= 0.6 is 11.6 Å². The van der Waals surface area contributed by atoms with E-state index in [-0.39, 0.29) is 69.3 Å². The Kier molecular flexibility index (Phi) is 34.4. The molecule has 344 valence electrons. The Hall–Kier alpha value is -4.40. The van der Waals surface area contributed by atoms with Crippen LogP contribution < -0.4 is 49.9 Å². The number of ketones is 1. The highest BCUT2D eigenvalue weighted by Gasteiger charge is 2.38. The molecule has 0 bridgehead atoms. The number of nitrogens with one attached hydrogen (secondary N) is 4. The fraction of sp³-hybridized carbons (Fsp3) is 0.784. The second kappa shape index (κ2) is 34.5. The molecular weight excluding hydrogens is 803 g/mol. The molecule has 0 fully saturated rings. The number of Topliss-reactive ketones (excluding diaryl/α,β-unsaturated/α-hetero) is 1. The molecule has 0 radical (unpaired) electrons. The van der Waals surface area contributed by atoms with E-state index >= 15 is 0 Å². The Balaban J connectivity index is -0.00000356. The zero-order valence-electron chi connectivity index (χ0n) is 34.0. The van der Waals surface area contributed by atoms with Gasteiger partial charge in [0.1, 0.15) is 18.1 Å². The lowest BCUT2D eigenvalue weighted by Crippen LogP contribution is -2.59. The number of carbonyl (C=O) groups is 6. The summed E-state index contributed by atoms with van der Waals surface area (Å²) in [5, 5.41) is 18.2. The van der Waals surface area contributed by atoms with E-state index in [1.165, 1.54) is 19.3 Å². The Morgan fingerprint density at radius 3 is 1.54 bits per heavy atom. The summed E-state index contributed by atoms with van der Waals surface area (Å²) in [5.41, 5.74) is 27.3. The fourth-order valence-electron chi connectivity index (χ4n) is 5.28. The Morgan fingerprint density at radius 2 is 1.10 bits per heavy atom. The standard InChI is InChI=1S/C34H66ClN11O5.C2HF3O2.CH4/c1-4-5-6-7-8-9-10-18-28(48)43-25(16-13-20-41-33(37)38)31(50)46-29(23(2)3)32(51)45-26(17-14-21-42-34(39)40)30(49)44-24(27(47)22-35)15-11-12-19-36;3-2(4,5)1(6)7;/h23-26,29H,4-22,36H2,1-3H3,(H,43,48)(H,44,49)(H,45,51)(H,46,50)(H4,37,38,41)(H4,39,40,42);(H,6,7);1H4/t24-,25-,26-,29-;;/m0../s1. The van der Waals surface area contributed by atoms with Crippen molar-refractivity contribution in [2.75, 3.05) is 25.5 Å². The largest absolute Gasteiger partial charge is 0.490 e. The molecule has 0 aromatic rings. The number of hydrogen-bond donors (Lipinski definition) is 10. The fourth-order valence-corrected chi connectivity index (χ4v) is 5.46. The predicted molar refractivity (Wildman–Crippen MR) is 224 cm³/mol. The van der Waals surface area contributed by atoms with E-state index in [0.717, 1.165) is 19.3 Å². The molecule has 0 aliphatic carbocycles. The first-order valence-electron chi connectivity index (χ1n) is 19.6. The summed E-state index contributed by atoms with van der Waals surface area (Å²) in [4.78, 5) is 83.0. The Labute approximate surface area is 351 Å². The minimum Gasteiger partial charge on any atom is -0.475 e. The van der Waals surface area contributed by atoms with Crippen LogP contribution in [-0.2, 0) is 28.8 Å². The van der Waals surface area contributed by atoms with E-state index in [4.69, 9.17) is 50.2 Å². The van der Waals surface area contributed by atoms with Gasteiger partial charge in [-0.05, 0) is 63.8 Å². The second-order valence-corrected chi connectivity index (χ2v) is 14.2. The highest BCUT2D eigenvalue weighted by atomic mass is 35.5. The molecule has 0 heterocycles. The smallest absolute Gasteiger partial charge is 0.475 e. The molecule has 0 saturated heterocycles. The second-order valence-electron chi connectivity index (χ2n) is 13.9. The van der Waals surface area contributed by atoms with Gasteiger partial charge in [0.2, 0.25) is 23.6 Å². The molecule has 15 N–H and O–H groups in total. The van der Waals surface area contributed by atoms with Gasteiger partial charge in [-0.15, -0.1) is 11.6 Å². The average Bonchev–Trinajstić information content (AvgIpc) is 3.14. The van der Waals surface area contributed by atoms with Crippen molar-refractivity contribution in [2.45, 2.75) is 155 Å². The van der Waals surface area contributed by atoms with Crippen LogP contribution in [0.4, 0.5) is 13.2 Å². The minimum atomic E-state index is -5.08. The van der Waals surface area contributed by atoms with Gasteiger partial charge in [0.25, 0.3) is 0 Å². The first kappa shape index (κ1) is 58.9. The summed E-state index contributed by atoms with van der Waals surface area (Å²) >= 11 is 5.81. The molecule has 4 atom stereocenters. The molecule has 18 nitrogen and oxygen atoms in total. The molecule has 0 aromatic carbocycles. The normalized spacial score (nSPS) is 12.8. The molecule has 22 heteroatoms. The molecule has 4 amide bonds. The van der Waals surface area contributed by atoms with Crippen LogP contribution in [-0.4, -0.2) is 108 Å². The topological polar surface area (TPSA) is 326 Å². The molecular formula is C37H71ClF3N11O7. The van der Waals surface area contributed by atoms with Crippen molar-refractivity contribution in [1.82, 2.24) is 21.3 Å². The monoisotopic (exact) mass is 874 g/mol. The third-order valence-corrected chi connectivity index (χ3v) is 8.72. The molecule has 0 saturated carbocycles. The highest BCUT2D eigenvalue weighted by molar-refractivity contribution is 6.28. The number of amides is 4. The quantitative estimate of drug-likeness (QED) is 0.0215. The lowest BCUT2D eigenvalue weighted by Gasteiger charge is -2.28. The highest BCUT2D eigenvalue weighted by Crippen LogP contribution is 2.14. The molecule has 59 heavy (non-hydrogen) atoms. The molecule has 0 aliphatic heterocycles. The number of carbonyl (C=O) groups excluding carboxylic acids is 5. The first-order chi connectivity index (χ1) is 27.2. The number of rotatable bonds is 30. The van der Waals surface area contributed by atoms with Crippen molar-refractivity contribution in [1.29, 1.82) is 0 Å². The van der Waals surface area contributed by atoms with Gasteiger partial charge in [-0.3, -0.25) is 34.0 Å². The summed E-state index contributed by atoms with van der Waals surface area (Å²) in [5.74, 6) is -6.02. The third-order valence-electron chi connectivity index (χ3n) is 8.46. The van der Waals surface area contributed by atoms with Gasteiger partial charge < -0.3 is 55.0 Å². The van der Waals surface area contributed by atoms with Crippen molar-refractivity contribution in [3.8, 4) is 0 Å². The number of aliphatic imine (C=N–C) groups is 2. The summed E-state index contributed by atoms with van der Waals surface area (Å²) in [7, 11) is 0. The molecule has 0 aromatic heterocycles. The molecule has 0 spiro atoms. The number of nitrogens with zero attached hydrogens (tertiary/aromatic N) is 2. The average molecular weight is 874 g/mol. The van der Waals surface area contributed by atoms with E-state index in [9.17, 15) is 37.1 Å². The Bertz CT molecular complexity index is 1300. The van der Waals surface area contributed by atoms with Crippen molar-refractivity contribution >= 4 is 58.9 Å². The van der Waals surface area contributed by atoms with Crippen LogP contribution in [0.3, 0.4) is 0 Å². The van der Waals surface area contributed by atoms with E-state index in [1.54, 1.807) is 13.8 Å². The van der Waals surface area contributed by atoms with E-state index in [0.29, 0.717) is 45.1 Å². The van der Waals surface area contributed by atoms with Crippen molar-refractivity contribution in [2.24, 2.45) is 44.6 Å². The molecule has 0 rings (SSSR count). The number of alkyl halides is 4. The van der Waals surface area contributed by atoms with Crippen LogP contribution in [0.2, 0.25) is 0 Å². The number of carboxylic acid groups (broad SMARTS) is 1. The lowest BCUT2D eigenvalue weighted by atomic mass is 10.0. The SMILES string of the molecule is C.CCCCCCCCCC(=O)N[C@@H](CCCN=C(N)N)C(=O)N[C@H](C(=O)N[C@@H](CCCN=C(N)N)C(=O)N[C@@H](CCCCN)C(=O)CCl)C(C)C.O=C(O)C(F)(F)F. The van der Waals surface area contributed by atoms with Gasteiger partial charge >= 0.3 is 12.1 Å². The van der Waals surface area contributed by atoms with Crippen molar-refractivity contribution in [3.05, 3.63) is 0 Å². The van der Waals surface area contributed by atoms with E-state index < -0.39 is 60.0 Å². The van der Waals surface area contributed by atoms with Gasteiger partial charge in [0, 0.05) is 19.5 Å². The maximum atomic E-state index is 13.7. The van der Waals surface area contributed by atoms with Gasteiger partial charge in [-0.25, -0.2) is 4.79 Å². The number of halogens is 4. The van der Waals surface area contributed by atoms with Gasteiger partial charge in [-0.1, -0.05) is 66.7 Å². The van der Waals surface area contributed by atoms with E-state index in [2.05, 4.69) is 38.2 Å². The number of unbranched alkanes of at least 4 members (excludes halogenated alkanes) is 7. The maximum absolute atomic E-state index is 13.7. The van der Waals surface area contributed by atoms with Crippen LogP contribution in [0.25, 0.3) is 0 Å². The van der Waals surface area contributed by atoms with Gasteiger partial charge in [0.15, 0.2) is 17.7 Å². The van der Waals surface area contributed by atoms with Crippen LogP contribution in [0.15, 0.2) is 9.98 Å². The van der Waals surface area contributed by atoms with Crippen LogP contribution in [0, 0.1) is 5.92 Å². The van der Waals surface area contributed by atoms with Gasteiger partial charge in [-0.2, -0.15) is 13.2 Å². The summed E-state index contributed by atoms with van der Waals surface area (Å²) in [6, 6.07) is -3.94. The van der Waals surface area contributed by atoms with Gasteiger partial charge in [0.05, 0.1) is 11.9 Å². The zero-order chi connectivity index (χ0) is 44.7. The number of hydrogen-bond acceptors (Lipinski definition) is 9. The lowest BCUT2D eigenvalue weighted by molar-refractivity contribution is -0.192. The number of carboxylic acids is 1. The van der Waals surface area contributed by atoms with Crippen LogP contribution in [0.5, 0.6) is 0 Å². The predicted octanol–water partition coefficient (Wildman–Crippen LogP) is 2.04. The number of guanidine groups is 2.